The van der Waals surface area contributed by atoms with Crippen LogP contribution in [0.2, 0.25) is 0 Å². The molecule has 0 atom stereocenters. The molecule has 1 N–H and O–H groups in total. The van der Waals surface area contributed by atoms with Gasteiger partial charge in [0.25, 0.3) is 5.91 Å². The quantitative estimate of drug-likeness (QED) is 0.549. The number of carbonyl (C=O) groups excluding carboxylic acids is 3. The van der Waals surface area contributed by atoms with Crippen molar-refractivity contribution >= 4 is 23.3 Å². The van der Waals surface area contributed by atoms with E-state index in [1.54, 1.807) is 48.5 Å². The van der Waals surface area contributed by atoms with Crippen LogP contribution in [0.25, 0.3) is 0 Å². The van der Waals surface area contributed by atoms with E-state index in [1.165, 1.54) is 18.1 Å². The number of amides is 2. The van der Waals surface area contributed by atoms with E-state index < -0.39 is 0 Å². The van der Waals surface area contributed by atoms with Crippen LogP contribution < -0.4 is 10.1 Å². The molecule has 7 heteroatoms. The van der Waals surface area contributed by atoms with Gasteiger partial charge in [0.05, 0.1) is 12.8 Å². The molecule has 0 fully saturated rings. The fourth-order valence-electron chi connectivity index (χ4n) is 2.74. The molecular weight excluding hydrogens is 384 g/mol. The number of ether oxygens (including phenoxy) is 1. The largest absolute Gasteiger partial charge is 0.484 e. The smallest absolute Gasteiger partial charge is 0.261 e. The Balaban J connectivity index is 1.62. The van der Waals surface area contributed by atoms with Gasteiger partial charge in [0.15, 0.2) is 12.4 Å². The predicted octanol–water partition coefficient (Wildman–Crippen LogP) is 3.53. The zero-order valence-electron chi connectivity index (χ0n) is 16.5. The molecule has 0 unspecified atom stereocenters. The van der Waals surface area contributed by atoms with Crippen molar-refractivity contribution in [3.63, 3.8) is 0 Å². The zero-order valence-corrected chi connectivity index (χ0v) is 16.5. The summed E-state index contributed by atoms with van der Waals surface area (Å²) in [5, 5.41) is 2.76. The molecule has 0 aliphatic heterocycles. The van der Waals surface area contributed by atoms with E-state index in [1.807, 2.05) is 18.2 Å². The number of hydrogen-bond acceptors (Lipinski definition) is 5. The first-order valence-corrected chi connectivity index (χ1v) is 9.40. The second-order valence-electron chi connectivity index (χ2n) is 6.61. The summed E-state index contributed by atoms with van der Waals surface area (Å²) < 4.78 is 10.9. The molecule has 0 aliphatic rings. The maximum absolute atomic E-state index is 12.7. The fraction of sp³-hybridized carbons (Fsp3) is 0.174. The minimum absolute atomic E-state index is 0.0494. The molecule has 3 aromatic rings. The van der Waals surface area contributed by atoms with Crippen LogP contribution in [0.3, 0.4) is 0 Å². The van der Waals surface area contributed by atoms with Crippen LogP contribution in [0, 0.1) is 0 Å². The van der Waals surface area contributed by atoms with Crippen LogP contribution in [-0.2, 0) is 16.1 Å². The Morgan fingerprint density at radius 1 is 0.967 bits per heavy atom. The molecule has 154 valence electrons. The average molecular weight is 406 g/mol. The van der Waals surface area contributed by atoms with Gasteiger partial charge in [0, 0.05) is 11.3 Å². The first-order valence-electron chi connectivity index (χ1n) is 9.40. The fourth-order valence-corrected chi connectivity index (χ4v) is 2.74. The van der Waals surface area contributed by atoms with E-state index in [0.29, 0.717) is 22.8 Å². The van der Waals surface area contributed by atoms with Gasteiger partial charge in [-0.05, 0) is 55.5 Å². The molecule has 7 nitrogen and oxygen atoms in total. The van der Waals surface area contributed by atoms with Gasteiger partial charge < -0.3 is 19.4 Å². The Hall–Kier alpha value is -3.87. The van der Waals surface area contributed by atoms with E-state index in [0.717, 1.165) is 0 Å². The Morgan fingerprint density at radius 3 is 2.33 bits per heavy atom. The van der Waals surface area contributed by atoms with Gasteiger partial charge >= 0.3 is 0 Å². The number of benzene rings is 2. The molecule has 0 saturated heterocycles. The van der Waals surface area contributed by atoms with Crippen molar-refractivity contribution < 1.29 is 23.5 Å². The summed E-state index contributed by atoms with van der Waals surface area (Å²) in [6.45, 7) is 1.22. The Kier molecular flexibility index (Phi) is 7.00. The van der Waals surface area contributed by atoms with Crippen LogP contribution in [0.15, 0.2) is 77.4 Å². The van der Waals surface area contributed by atoms with Crippen molar-refractivity contribution in [2.45, 2.75) is 13.5 Å². The SMILES string of the molecule is CC(=O)c1ccc(OCC(=O)N(CC(=O)Nc2ccccc2)Cc2ccco2)cc1. The van der Waals surface area contributed by atoms with Gasteiger partial charge in [-0.15, -0.1) is 0 Å². The number of nitrogens with one attached hydrogen (secondary N) is 1. The number of rotatable bonds is 9. The standard InChI is InChI=1S/C23H22N2O5/c1-17(26)18-9-11-20(12-10-18)30-16-23(28)25(14-21-8-5-13-29-21)15-22(27)24-19-6-3-2-4-7-19/h2-13H,14-16H2,1H3,(H,24,27). The van der Waals surface area contributed by atoms with Crippen LogP contribution in [0.4, 0.5) is 5.69 Å². The summed E-state index contributed by atoms with van der Waals surface area (Å²) >= 11 is 0. The molecule has 0 bridgehead atoms. The summed E-state index contributed by atoms with van der Waals surface area (Å²) in [5.41, 5.74) is 1.21. The first-order chi connectivity index (χ1) is 14.5. The van der Waals surface area contributed by atoms with Gasteiger partial charge in [-0.2, -0.15) is 0 Å². The minimum Gasteiger partial charge on any atom is -0.484 e. The molecule has 0 saturated carbocycles. The average Bonchev–Trinajstić information content (AvgIpc) is 3.25. The van der Waals surface area contributed by atoms with Crippen LogP contribution in [0.1, 0.15) is 23.0 Å². The molecule has 1 heterocycles. The van der Waals surface area contributed by atoms with Crippen molar-refractivity contribution in [2.24, 2.45) is 0 Å². The van der Waals surface area contributed by atoms with Crippen LogP contribution >= 0.6 is 0 Å². The number of ketones is 1. The molecule has 1 aromatic heterocycles. The maximum Gasteiger partial charge on any atom is 0.261 e. The van der Waals surface area contributed by atoms with Gasteiger partial charge in [-0.3, -0.25) is 14.4 Å². The van der Waals surface area contributed by atoms with Gasteiger partial charge in [-0.25, -0.2) is 0 Å². The molecule has 30 heavy (non-hydrogen) atoms. The number of Topliss-reactive ketones (excluding diaryl/α,β-unsaturated/α-hetero) is 1. The summed E-state index contributed by atoms with van der Waals surface area (Å²) in [6.07, 6.45) is 1.51. The van der Waals surface area contributed by atoms with Crippen molar-refractivity contribution in [3.8, 4) is 5.75 Å². The van der Waals surface area contributed by atoms with E-state index in [2.05, 4.69) is 5.32 Å². The van der Waals surface area contributed by atoms with E-state index in [-0.39, 0.29) is 37.3 Å². The van der Waals surface area contributed by atoms with E-state index >= 15 is 0 Å². The van der Waals surface area contributed by atoms with Crippen LogP contribution in [0.5, 0.6) is 5.75 Å². The highest BCUT2D eigenvalue weighted by Gasteiger charge is 2.19. The molecule has 0 spiro atoms. The lowest BCUT2D eigenvalue weighted by molar-refractivity contribution is -0.137. The van der Waals surface area contributed by atoms with E-state index in [9.17, 15) is 14.4 Å². The van der Waals surface area contributed by atoms with Crippen molar-refractivity contribution in [1.29, 1.82) is 0 Å². The Morgan fingerprint density at radius 2 is 1.70 bits per heavy atom. The highest BCUT2D eigenvalue weighted by molar-refractivity contribution is 5.95. The van der Waals surface area contributed by atoms with Gasteiger partial charge in [-0.1, -0.05) is 18.2 Å². The predicted molar refractivity (Wildman–Crippen MR) is 111 cm³/mol. The minimum atomic E-state index is -0.370. The second kappa shape index (κ2) is 10.1. The number of furan rings is 1. The normalized spacial score (nSPS) is 10.3. The van der Waals surface area contributed by atoms with Gasteiger partial charge in [0.2, 0.25) is 5.91 Å². The number of carbonyl (C=O) groups is 3. The third-order valence-electron chi connectivity index (χ3n) is 4.29. The third-order valence-corrected chi connectivity index (χ3v) is 4.29. The molecule has 3 rings (SSSR count). The highest BCUT2D eigenvalue weighted by atomic mass is 16.5. The Labute approximate surface area is 174 Å². The maximum atomic E-state index is 12.7. The topological polar surface area (TPSA) is 88.9 Å². The lowest BCUT2D eigenvalue weighted by Crippen LogP contribution is -2.40. The second-order valence-corrected chi connectivity index (χ2v) is 6.61. The summed E-state index contributed by atoms with van der Waals surface area (Å²) in [4.78, 5) is 37.9. The number of nitrogens with zero attached hydrogens (tertiary/aromatic N) is 1. The monoisotopic (exact) mass is 406 g/mol. The summed E-state index contributed by atoms with van der Waals surface area (Å²) in [5.74, 6) is 0.269. The Bertz CT molecular complexity index is 982. The molecule has 2 amide bonds. The number of anilines is 1. The van der Waals surface area contributed by atoms with Crippen molar-refractivity contribution in [2.75, 3.05) is 18.5 Å². The van der Waals surface area contributed by atoms with E-state index in [4.69, 9.17) is 9.15 Å². The summed E-state index contributed by atoms with van der Waals surface area (Å²) in [7, 11) is 0. The third kappa shape index (κ3) is 6.07. The zero-order chi connectivity index (χ0) is 21.3. The van der Waals surface area contributed by atoms with Crippen molar-refractivity contribution in [1.82, 2.24) is 4.90 Å². The highest BCUT2D eigenvalue weighted by Crippen LogP contribution is 2.14. The summed E-state index contributed by atoms with van der Waals surface area (Å²) in [6, 6.07) is 19.0. The molecule has 0 radical (unpaired) electrons. The number of para-hydroxylation sites is 1. The van der Waals surface area contributed by atoms with Crippen molar-refractivity contribution in [3.05, 3.63) is 84.3 Å². The van der Waals surface area contributed by atoms with Crippen LogP contribution in [-0.4, -0.2) is 35.6 Å². The lowest BCUT2D eigenvalue weighted by atomic mass is 10.1. The number of hydrogen-bond donors (Lipinski definition) is 1. The van der Waals surface area contributed by atoms with Gasteiger partial charge in [0.1, 0.15) is 18.1 Å². The lowest BCUT2D eigenvalue weighted by Gasteiger charge is -2.21. The molecular formula is C23H22N2O5. The molecule has 0 aliphatic carbocycles. The first kappa shape index (κ1) is 20.9. The molecule has 2 aromatic carbocycles.